The van der Waals surface area contributed by atoms with Crippen molar-refractivity contribution in [1.82, 2.24) is 0 Å². The molecular formula is C47H41NO2. The van der Waals surface area contributed by atoms with Gasteiger partial charge in [0.05, 0.1) is 6.61 Å². The van der Waals surface area contributed by atoms with Gasteiger partial charge in [-0.1, -0.05) is 136 Å². The first-order valence-corrected chi connectivity index (χ1v) is 17.9. The zero-order chi connectivity index (χ0) is 33.9. The lowest BCUT2D eigenvalue weighted by Gasteiger charge is -2.38. The molecule has 1 unspecified atom stereocenters. The molecule has 246 valence electrons. The van der Waals surface area contributed by atoms with E-state index < -0.39 is 5.60 Å². The van der Waals surface area contributed by atoms with E-state index in [9.17, 15) is 0 Å². The smallest absolute Gasteiger partial charge is 0.178 e. The minimum atomic E-state index is -0.854. The standard InChI is InChI=1S/C47H41NO2/c1-4-28-49-29-27-48-35-23-21-33(22-24-35)47(34-20-19-32-18-17-31-11-5-6-12-36(31)41(32)30-34)26-25-40-44-43(37-13-7-8-14-38(37)45(40)50-47)39-15-9-10-16-42(39)46(44,2)3/h5-26,30,48H,4,27-29H2,1-3H3. The molecule has 2 aliphatic rings. The van der Waals surface area contributed by atoms with Crippen LogP contribution in [0.3, 0.4) is 0 Å². The maximum atomic E-state index is 7.62. The zero-order valence-corrected chi connectivity index (χ0v) is 28.9. The van der Waals surface area contributed by atoms with Gasteiger partial charge >= 0.3 is 0 Å². The van der Waals surface area contributed by atoms with Crippen molar-refractivity contribution in [2.24, 2.45) is 0 Å². The monoisotopic (exact) mass is 651 g/mol. The average molecular weight is 652 g/mol. The highest BCUT2D eigenvalue weighted by molar-refractivity contribution is 6.09. The number of rotatable bonds is 8. The summed E-state index contributed by atoms with van der Waals surface area (Å²) in [5, 5.41) is 10.8. The lowest BCUT2D eigenvalue weighted by atomic mass is 9.76. The molecule has 1 aliphatic carbocycles. The summed E-state index contributed by atoms with van der Waals surface area (Å²) in [4.78, 5) is 0. The minimum Gasteiger partial charge on any atom is -0.472 e. The summed E-state index contributed by atoms with van der Waals surface area (Å²) in [7, 11) is 0. The van der Waals surface area contributed by atoms with Gasteiger partial charge in [0.1, 0.15) is 5.75 Å². The van der Waals surface area contributed by atoms with Crippen LogP contribution in [-0.4, -0.2) is 19.8 Å². The zero-order valence-electron chi connectivity index (χ0n) is 28.9. The molecule has 0 aromatic heterocycles. The van der Waals surface area contributed by atoms with Crippen LogP contribution in [0.15, 0.2) is 133 Å². The van der Waals surface area contributed by atoms with E-state index in [1.807, 2.05) is 0 Å². The molecule has 0 spiro atoms. The van der Waals surface area contributed by atoms with Crippen LogP contribution in [0.5, 0.6) is 5.75 Å². The van der Waals surface area contributed by atoms with Gasteiger partial charge in [-0.2, -0.15) is 0 Å². The third kappa shape index (κ3) is 4.68. The highest BCUT2D eigenvalue weighted by Crippen LogP contribution is 2.58. The fraction of sp³-hybridized carbons (Fsp3) is 0.191. The van der Waals surface area contributed by atoms with Crippen LogP contribution in [0.25, 0.3) is 49.5 Å². The second-order valence-electron chi connectivity index (χ2n) is 14.2. The van der Waals surface area contributed by atoms with Crippen molar-refractivity contribution in [1.29, 1.82) is 0 Å². The first-order valence-electron chi connectivity index (χ1n) is 17.9. The Bertz CT molecular complexity index is 2460. The van der Waals surface area contributed by atoms with Crippen LogP contribution in [0.4, 0.5) is 5.69 Å². The maximum Gasteiger partial charge on any atom is 0.178 e. The molecule has 3 heteroatoms. The predicted molar refractivity (Wildman–Crippen MR) is 209 cm³/mol. The Morgan fingerprint density at radius 2 is 1.34 bits per heavy atom. The number of fused-ring (bicyclic) bond motifs is 11. The number of ether oxygens (including phenoxy) is 2. The molecule has 3 nitrogen and oxygen atoms in total. The number of hydrogen-bond donors (Lipinski definition) is 1. The topological polar surface area (TPSA) is 30.5 Å². The molecule has 0 bridgehead atoms. The molecule has 0 radical (unpaired) electrons. The predicted octanol–water partition coefficient (Wildman–Crippen LogP) is 11.6. The number of hydrogen-bond acceptors (Lipinski definition) is 3. The van der Waals surface area contributed by atoms with Gasteiger partial charge in [0.25, 0.3) is 0 Å². The molecule has 0 saturated carbocycles. The summed E-state index contributed by atoms with van der Waals surface area (Å²) in [6, 6.07) is 46.4. The van der Waals surface area contributed by atoms with Gasteiger partial charge in [-0.3, -0.25) is 0 Å². The van der Waals surface area contributed by atoms with Crippen molar-refractivity contribution in [3.8, 4) is 16.9 Å². The number of anilines is 1. The Kier molecular flexibility index (Phi) is 7.29. The molecule has 0 saturated heterocycles. The van der Waals surface area contributed by atoms with E-state index in [1.165, 1.54) is 54.7 Å². The molecule has 50 heavy (non-hydrogen) atoms. The number of benzene rings is 7. The molecule has 0 fully saturated rings. The quantitative estimate of drug-likeness (QED) is 0.131. The third-order valence-electron chi connectivity index (χ3n) is 10.9. The molecule has 1 aliphatic heterocycles. The largest absolute Gasteiger partial charge is 0.472 e. The van der Waals surface area contributed by atoms with E-state index in [0.29, 0.717) is 6.61 Å². The van der Waals surface area contributed by atoms with E-state index >= 15 is 0 Å². The minimum absolute atomic E-state index is 0.177. The van der Waals surface area contributed by atoms with Crippen molar-refractivity contribution in [2.75, 3.05) is 25.1 Å². The van der Waals surface area contributed by atoms with E-state index in [4.69, 9.17) is 9.47 Å². The van der Waals surface area contributed by atoms with Crippen LogP contribution in [0.1, 0.15) is 55.0 Å². The van der Waals surface area contributed by atoms with Gasteiger partial charge in [-0.25, -0.2) is 0 Å². The van der Waals surface area contributed by atoms with Crippen molar-refractivity contribution in [2.45, 2.75) is 38.2 Å². The molecule has 1 atom stereocenters. The van der Waals surface area contributed by atoms with Crippen molar-refractivity contribution in [3.63, 3.8) is 0 Å². The summed E-state index contributed by atoms with van der Waals surface area (Å²) in [6.45, 7) is 9.09. The number of nitrogens with one attached hydrogen (secondary N) is 1. The Morgan fingerprint density at radius 3 is 2.16 bits per heavy atom. The van der Waals surface area contributed by atoms with E-state index in [-0.39, 0.29) is 5.41 Å². The second kappa shape index (κ2) is 11.9. The first kappa shape index (κ1) is 30.7. The Morgan fingerprint density at radius 1 is 0.660 bits per heavy atom. The van der Waals surface area contributed by atoms with E-state index in [0.717, 1.165) is 47.5 Å². The van der Waals surface area contributed by atoms with Crippen LogP contribution < -0.4 is 10.1 Å². The van der Waals surface area contributed by atoms with Gasteiger partial charge < -0.3 is 14.8 Å². The normalized spacial score (nSPS) is 17.0. The lowest BCUT2D eigenvalue weighted by molar-refractivity contribution is 0.144. The summed E-state index contributed by atoms with van der Waals surface area (Å²) >= 11 is 0. The summed E-state index contributed by atoms with van der Waals surface area (Å²) < 4.78 is 13.3. The molecule has 1 heterocycles. The summed E-state index contributed by atoms with van der Waals surface area (Å²) in [5.74, 6) is 0.941. The Hall–Kier alpha value is -5.38. The highest BCUT2D eigenvalue weighted by Gasteiger charge is 2.44. The van der Waals surface area contributed by atoms with Crippen LogP contribution in [0.2, 0.25) is 0 Å². The van der Waals surface area contributed by atoms with Crippen molar-refractivity contribution >= 4 is 44.1 Å². The van der Waals surface area contributed by atoms with Crippen LogP contribution in [-0.2, 0) is 15.8 Å². The molecule has 7 aromatic rings. The molecule has 9 rings (SSSR count). The molecular weight excluding hydrogens is 611 g/mol. The van der Waals surface area contributed by atoms with Crippen molar-refractivity contribution in [3.05, 3.63) is 161 Å². The fourth-order valence-electron chi connectivity index (χ4n) is 8.46. The average Bonchev–Trinajstić information content (AvgIpc) is 3.41. The molecule has 1 N–H and O–H groups in total. The summed E-state index contributed by atoms with van der Waals surface area (Å²) in [5.41, 5.74) is 8.75. The van der Waals surface area contributed by atoms with Gasteiger partial charge in [-0.15, -0.1) is 0 Å². The fourth-order valence-corrected chi connectivity index (χ4v) is 8.46. The van der Waals surface area contributed by atoms with Crippen molar-refractivity contribution < 1.29 is 9.47 Å². The molecule has 7 aromatic carbocycles. The van der Waals surface area contributed by atoms with Gasteiger partial charge in [0.2, 0.25) is 0 Å². The van der Waals surface area contributed by atoms with Gasteiger partial charge in [0, 0.05) is 46.3 Å². The van der Waals surface area contributed by atoms with E-state index in [2.05, 4.69) is 166 Å². The van der Waals surface area contributed by atoms with Gasteiger partial charge in [-0.05, 0) is 79.9 Å². The van der Waals surface area contributed by atoms with Gasteiger partial charge in [0.15, 0.2) is 5.60 Å². The highest BCUT2D eigenvalue weighted by atomic mass is 16.5. The first-order chi connectivity index (χ1) is 24.5. The Balaban J connectivity index is 1.25. The Labute approximate surface area is 294 Å². The lowest BCUT2D eigenvalue weighted by Crippen LogP contribution is -2.35. The molecule has 0 amide bonds. The maximum absolute atomic E-state index is 7.62. The third-order valence-corrected chi connectivity index (χ3v) is 10.9. The second-order valence-corrected chi connectivity index (χ2v) is 14.2. The van der Waals surface area contributed by atoms with Crippen LogP contribution >= 0.6 is 0 Å². The van der Waals surface area contributed by atoms with E-state index in [1.54, 1.807) is 0 Å². The van der Waals surface area contributed by atoms with Crippen LogP contribution in [0, 0.1) is 0 Å². The SMILES string of the molecule is CCCOCCNc1ccc(C2(c3ccc4ccc5ccccc5c4c3)C=Cc3c4c(c5ccccc5c3O2)-c2ccccc2C4(C)C)cc1. The summed E-state index contributed by atoms with van der Waals surface area (Å²) in [6.07, 6.45) is 5.68.